The van der Waals surface area contributed by atoms with E-state index in [2.05, 4.69) is 67.0 Å². The Labute approximate surface area is 198 Å². The molecular formula is C27H36S3. The van der Waals surface area contributed by atoms with Gasteiger partial charge < -0.3 is 0 Å². The van der Waals surface area contributed by atoms with Gasteiger partial charge in [0.1, 0.15) is 0 Å². The van der Waals surface area contributed by atoms with Gasteiger partial charge >= 0.3 is 0 Å². The standard InChI is InChI=1S/C27H36S3/c1-8-10-15-23(3)25(5)29-21-13-18-27(17-12-20-28-7)19-14-22-30-26(6)24(4)16-11-9-2/h27H,1-2,5-6,12-14,17-22H2,3-4,7H3. The van der Waals surface area contributed by atoms with E-state index in [0.717, 1.165) is 38.4 Å². The molecule has 0 fully saturated rings. The average molecular weight is 457 g/mol. The number of allylic oxidation sites excluding steroid dienone is 2. The maximum Gasteiger partial charge on any atom is 0.0129 e. The summed E-state index contributed by atoms with van der Waals surface area (Å²) in [6, 6.07) is 0. The van der Waals surface area contributed by atoms with Crippen LogP contribution in [-0.2, 0) is 0 Å². The van der Waals surface area contributed by atoms with Crippen molar-refractivity contribution in [3.8, 4) is 0 Å². The van der Waals surface area contributed by atoms with Crippen LogP contribution in [0.4, 0.5) is 0 Å². The van der Waals surface area contributed by atoms with Crippen molar-refractivity contribution >= 4 is 35.3 Å². The number of hydrogen-bond acceptors (Lipinski definition) is 3. The van der Waals surface area contributed by atoms with Crippen molar-refractivity contribution in [1.82, 2.24) is 0 Å². The Morgan fingerprint density at radius 1 is 0.733 bits per heavy atom. The highest BCUT2D eigenvalue weighted by Gasteiger charge is 2.10. The quantitative estimate of drug-likeness (QED) is 0.129. The summed E-state index contributed by atoms with van der Waals surface area (Å²) in [5.74, 6) is 4.27. The van der Waals surface area contributed by atoms with Crippen LogP contribution in [0.1, 0.15) is 52.4 Å². The molecule has 0 unspecified atom stereocenters. The van der Waals surface area contributed by atoms with Gasteiger partial charge in [-0.25, -0.2) is 0 Å². The first kappa shape index (κ1) is 28.7. The van der Waals surface area contributed by atoms with Crippen LogP contribution in [0.15, 0.2) is 81.7 Å². The van der Waals surface area contributed by atoms with Gasteiger partial charge in [-0.15, -0.1) is 23.5 Å². The molecule has 0 aliphatic carbocycles. The number of rotatable bonds is 16. The maximum absolute atomic E-state index is 4.14. The van der Waals surface area contributed by atoms with E-state index in [1.165, 1.54) is 44.3 Å². The van der Waals surface area contributed by atoms with E-state index in [9.17, 15) is 0 Å². The van der Waals surface area contributed by atoms with Crippen LogP contribution in [0.5, 0.6) is 0 Å². The zero-order valence-corrected chi connectivity index (χ0v) is 21.4. The van der Waals surface area contributed by atoms with Crippen LogP contribution in [0.2, 0.25) is 0 Å². The Balaban J connectivity index is 4.43. The van der Waals surface area contributed by atoms with Gasteiger partial charge in [-0.3, -0.25) is 0 Å². The molecule has 0 saturated carbocycles. The molecule has 0 spiro atoms. The topological polar surface area (TPSA) is 0 Å². The summed E-state index contributed by atoms with van der Waals surface area (Å²) >= 11 is 5.59. The van der Waals surface area contributed by atoms with Crippen LogP contribution in [0, 0.1) is 5.92 Å². The van der Waals surface area contributed by atoms with Gasteiger partial charge in [0, 0.05) is 21.0 Å². The predicted octanol–water partition coefficient (Wildman–Crippen LogP) is 8.88. The monoisotopic (exact) mass is 456 g/mol. The minimum absolute atomic E-state index is 0.806. The van der Waals surface area contributed by atoms with Crippen molar-refractivity contribution in [2.75, 3.05) is 23.5 Å². The molecule has 0 aliphatic heterocycles. The van der Waals surface area contributed by atoms with Crippen molar-refractivity contribution in [3.63, 3.8) is 0 Å². The SMILES string of the molecule is C=C=C=C=C(C)C(=C)SCCCC(CCCSC)CCCSC(=C)C(C)=C=C=C=C. The molecule has 30 heavy (non-hydrogen) atoms. The molecule has 0 saturated heterocycles. The van der Waals surface area contributed by atoms with E-state index in [-0.39, 0.29) is 0 Å². The Bertz CT molecular complexity index is 729. The second-order valence-electron chi connectivity index (χ2n) is 6.93. The highest BCUT2D eigenvalue weighted by Crippen LogP contribution is 2.28. The maximum atomic E-state index is 4.14. The molecule has 0 atom stereocenters. The van der Waals surface area contributed by atoms with Crippen LogP contribution >= 0.6 is 35.3 Å². The lowest BCUT2D eigenvalue weighted by atomic mass is 9.94. The Morgan fingerprint density at radius 2 is 1.13 bits per heavy atom. The molecule has 3 heteroatoms. The van der Waals surface area contributed by atoms with Gasteiger partial charge in [0.25, 0.3) is 0 Å². The number of thioether (sulfide) groups is 3. The smallest absolute Gasteiger partial charge is 0.0129 e. The molecule has 0 heterocycles. The Morgan fingerprint density at radius 3 is 1.50 bits per heavy atom. The molecule has 0 bridgehead atoms. The van der Waals surface area contributed by atoms with Crippen molar-refractivity contribution in [2.24, 2.45) is 5.92 Å². The van der Waals surface area contributed by atoms with E-state index in [0.29, 0.717) is 0 Å². The van der Waals surface area contributed by atoms with Crippen LogP contribution in [0.25, 0.3) is 0 Å². The summed E-state index contributed by atoms with van der Waals surface area (Å²) in [5.41, 5.74) is 18.8. The van der Waals surface area contributed by atoms with Gasteiger partial charge in [0.15, 0.2) is 0 Å². The van der Waals surface area contributed by atoms with Crippen molar-refractivity contribution < 1.29 is 0 Å². The summed E-state index contributed by atoms with van der Waals surface area (Å²) < 4.78 is 0. The summed E-state index contributed by atoms with van der Waals surface area (Å²) in [6.07, 6.45) is 9.86. The third kappa shape index (κ3) is 15.5. The van der Waals surface area contributed by atoms with Crippen molar-refractivity contribution in [2.45, 2.75) is 52.4 Å². The number of hydrogen-bond donors (Lipinski definition) is 0. The summed E-state index contributed by atoms with van der Waals surface area (Å²) in [4.78, 5) is 2.13. The molecule has 0 aliphatic rings. The second-order valence-corrected chi connectivity index (χ2v) is 10.3. The fourth-order valence-electron chi connectivity index (χ4n) is 2.72. The first-order valence-corrected chi connectivity index (χ1v) is 13.7. The fraction of sp³-hybridized carbons (Fsp3) is 0.481. The van der Waals surface area contributed by atoms with E-state index in [1.54, 1.807) is 0 Å². The van der Waals surface area contributed by atoms with Crippen molar-refractivity contribution in [3.05, 3.63) is 81.7 Å². The Kier molecular flexibility index (Phi) is 18.8. The molecule has 0 rings (SSSR count). The molecule has 0 N–H and O–H groups in total. The van der Waals surface area contributed by atoms with Gasteiger partial charge in [0.05, 0.1) is 0 Å². The third-order valence-electron chi connectivity index (χ3n) is 4.54. The van der Waals surface area contributed by atoms with E-state index in [1.807, 2.05) is 49.1 Å². The summed E-state index contributed by atoms with van der Waals surface area (Å²) in [7, 11) is 0. The lowest BCUT2D eigenvalue weighted by Crippen LogP contribution is -2.03. The van der Waals surface area contributed by atoms with Crippen LogP contribution in [0.3, 0.4) is 0 Å². The van der Waals surface area contributed by atoms with E-state index in [4.69, 9.17) is 0 Å². The summed E-state index contributed by atoms with van der Waals surface area (Å²) in [6.45, 7) is 19.3. The molecule has 0 nitrogen and oxygen atoms in total. The lowest BCUT2D eigenvalue weighted by molar-refractivity contribution is 0.411. The third-order valence-corrected chi connectivity index (χ3v) is 7.53. The predicted molar refractivity (Wildman–Crippen MR) is 143 cm³/mol. The van der Waals surface area contributed by atoms with E-state index >= 15 is 0 Å². The average Bonchev–Trinajstić information content (AvgIpc) is 2.75. The molecule has 0 aromatic rings. The molecule has 0 amide bonds. The van der Waals surface area contributed by atoms with Gasteiger partial charge in [-0.1, -0.05) is 36.1 Å². The van der Waals surface area contributed by atoms with Gasteiger partial charge in [0.2, 0.25) is 0 Å². The first-order valence-electron chi connectivity index (χ1n) is 10.3. The van der Waals surface area contributed by atoms with Crippen molar-refractivity contribution in [1.29, 1.82) is 0 Å². The fourth-order valence-corrected chi connectivity index (χ4v) is 4.82. The lowest BCUT2D eigenvalue weighted by Gasteiger charge is -2.17. The molecule has 0 aromatic heterocycles. The largest absolute Gasteiger partial charge is 0.165 e. The van der Waals surface area contributed by atoms with Gasteiger partial charge in [-0.2, -0.15) is 11.8 Å². The molecule has 0 radical (unpaired) electrons. The highest BCUT2D eigenvalue weighted by molar-refractivity contribution is 8.03. The van der Waals surface area contributed by atoms with E-state index < -0.39 is 0 Å². The second kappa shape index (κ2) is 19.6. The molecule has 162 valence electrons. The Hall–Kier alpha value is -1.31. The normalized spacial score (nSPS) is 10.4. The molecule has 0 aromatic carbocycles. The van der Waals surface area contributed by atoms with Crippen LogP contribution in [-0.4, -0.2) is 23.5 Å². The minimum Gasteiger partial charge on any atom is -0.165 e. The first-order chi connectivity index (χ1) is 14.5. The van der Waals surface area contributed by atoms with Crippen LogP contribution < -0.4 is 0 Å². The highest BCUT2D eigenvalue weighted by atomic mass is 32.2. The minimum atomic E-state index is 0.806. The summed E-state index contributed by atoms with van der Waals surface area (Å²) in [5, 5.41) is 0. The zero-order valence-electron chi connectivity index (χ0n) is 19.0. The van der Waals surface area contributed by atoms with Gasteiger partial charge in [-0.05, 0) is 106 Å². The molecular weight excluding hydrogens is 420 g/mol. The zero-order chi connectivity index (χ0) is 22.6.